The Morgan fingerprint density at radius 1 is 0.837 bits per heavy atom. The van der Waals surface area contributed by atoms with E-state index in [1.54, 1.807) is 53.8 Å². The van der Waals surface area contributed by atoms with Crippen molar-refractivity contribution in [2.24, 2.45) is 5.16 Å². The molecule has 2 amide bonds. The quantitative estimate of drug-likeness (QED) is 0.171. The Morgan fingerprint density at radius 2 is 1.37 bits per heavy atom. The predicted octanol–water partition coefficient (Wildman–Crippen LogP) is 7.29. The van der Waals surface area contributed by atoms with Crippen LogP contribution in [0.5, 0.6) is 0 Å². The van der Waals surface area contributed by atoms with Crippen molar-refractivity contribution in [2.75, 3.05) is 13.1 Å². The number of rotatable bonds is 6. The molecule has 14 heteroatoms. The summed E-state index contributed by atoms with van der Waals surface area (Å²) in [5.41, 5.74) is -2.95. The molecule has 0 radical (unpaired) electrons. The number of fused-ring (bicyclic) bond motifs is 2. The summed E-state index contributed by atoms with van der Waals surface area (Å²) in [7, 11) is 0. The van der Waals surface area contributed by atoms with Crippen LogP contribution in [-0.4, -0.2) is 43.0 Å². The largest absolute Gasteiger partial charge is 0.435 e. The zero-order valence-corrected chi connectivity index (χ0v) is 23.2. The molecule has 0 fully saturated rings. The van der Waals surface area contributed by atoms with Crippen molar-refractivity contribution in [3.05, 3.63) is 93.5 Å². The molecule has 1 unspecified atom stereocenters. The van der Waals surface area contributed by atoms with Crippen molar-refractivity contribution in [2.45, 2.75) is 24.4 Å². The van der Waals surface area contributed by atoms with Crippen LogP contribution in [0.3, 0.4) is 0 Å². The van der Waals surface area contributed by atoms with E-state index in [0.717, 1.165) is 12.1 Å². The molecule has 0 spiro atoms. The molecule has 43 heavy (non-hydrogen) atoms. The molecule has 1 heterocycles. The van der Waals surface area contributed by atoms with Gasteiger partial charge in [-0.1, -0.05) is 76.9 Å². The fourth-order valence-corrected chi connectivity index (χ4v) is 5.55. The van der Waals surface area contributed by atoms with E-state index in [2.05, 4.69) is 10.5 Å². The van der Waals surface area contributed by atoms with Gasteiger partial charge >= 0.3 is 12.4 Å². The third-order valence-electron chi connectivity index (χ3n) is 6.86. The molecule has 2 N–H and O–H groups in total. The van der Waals surface area contributed by atoms with Crippen LogP contribution in [0.15, 0.2) is 71.9 Å². The number of nitrogens with one attached hydrogen (secondary N) is 2. The lowest BCUT2D eigenvalue weighted by atomic mass is 9.83. The average molecular weight is 642 g/mol. The SMILES string of the molecule is O=C(CNC(=O)c1c2ccccc2c(C2=NOC(c3cc(Cl)cc(Cl)c3)(C(F)(F)F)C2)c2ccccc12)NCC(F)(F)F. The molecule has 1 atom stereocenters. The summed E-state index contributed by atoms with van der Waals surface area (Å²) in [5, 5.41) is 9.18. The minimum atomic E-state index is -4.94. The highest BCUT2D eigenvalue weighted by Crippen LogP contribution is 2.50. The Bertz CT molecular complexity index is 1710. The number of benzene rings is 4. The second kappa shape index (κ2) is 11.2. The van der Waals surface area contributed by atoms with Crippen LogP contribution < -0.4 is 10.6 Å². The Morgan fingerprint density at radius 3 is 1.88 bits per heavy atom. The van der Waals surface area contributed by atoms with Gasteiger partial charge in [-0.2, -0.15) is 26.3 Å². The number of oxime groups is 1. The van der Waals surface area contributed by atoms with E-state index >= 15 is 0 Å². The lowest BCUT2D eigenvalue weighted by Crippen LogP contribution is -2.42. The molecular formula is C29H19Cl2F6N3O3. The van der Waals surface area contributed by atoms with Crippen LogP contribution in [0, 0.1) is 0 Å². The van der Waals surface area contributed by atoms with Gasteiger partial charge in [0.15, 0.2) is 0 Å². The number of hydrogen-bond acceptors (Lipinski definition) is 4. The van der Waals surface area contributed by atoms with E-state index in [1.165, 1.54) is 6.07 Å². The summed E-state index contributed by atoms with van der Waals surface area (Å²) in [5.74, 6) is -1.83. The van der Waals surface area contributed by atoms with Gasteiger partial charge in [-0.25, -0.2) is 0 Å². The summed E-state index contributed by atoms with van der Waals surface area (Å²) < 4.78 is 81.4. The van der Waals surface area contributed by atoms with E-state index in [-0.39, 0.29) is 32.4 Å². The third-order valence-corrected chi connectivity index (χ3v) is 7.29. The van der Waals surface area contributed by atoms with Crippen molar-refractivity contribution < 1.29 is 40.8 Å². The van der Waals surface area contributed by atoms with Crippen LogP contribution in [-0.2, 0) is 15.2 Å². The molecule has 1 aliphatic rings. The number of carbonyl (C=O) groups excluding carboxylic acids is 2. The van der Waals surface area contributed by atoms with Crippen LogP contribution in [0.25, 0.3) is 21.5 Å². The Kier molecular flexibility index (Phi) is 7.95. The lowest BCUT2D eigenvalue weighted by molar-refractivity contribution is -0.275. The smallest absolute Gasteiger partial charge is 0.374 e. The summed E-state index contributed by atoms with van der Waals surface area (Å²) >= 11 is 12.0. The van der Waals surface area contributed by atoms with Gasteiger partial charge in [-0.05, 0) is 39.7 Å². The Labute approximate surface area is 249 Å². The maximum Gasteiger partial charge on any atom is 0.435 e. The zero-order valence-electron chi connectivity index (χ0n) is 21.7. The first kappa shape index (κ1) is 30.4. The fraction of sp³-hybridized carbons (Fsp3) is 0.207. The van der Waals surface area contributed by atoms with Gasteiger partial charge < -0.3 is 15.5 Å². The van der Waals surface area contributed by atoms with E-state index < -0.39 is 49.3 Å². The van der Waals surface area contributed by atoms with Gasteiger partial charge in [0.1, 0.15) is 6.54 Å². The highest BCUT2D eigenvalue weighted by Gasteiger charge is 2.62. The molecular weight excluding hydrogens is 623 g/mol. The zero-order chi connectivity index (χ0) is 31.2. The topological polar surface area (TPSA) is 79.8 Å². The van der Waals surface area contributed by atoms with Crippen molar-refractivity contribution in [1.82, 2.24) is 10.6 Å². The lowest BCUT2D eigenvalue weighted by Gasteiger charge is -2.29. The molecule has 0 saturated heterocycles. The van der Waals surface area contributed by atoms with Gasteiger partial charge in [0.2, 0.25) is 5.91 Å². The molecule has 224 valence electrons. The first-order chi connectivity index (χ1) is 20.2. The van der Waals surface area contributed by atoms with Crippen LogP contribution >= 0.6 is 23.2 Å². The minimum Gasteiger partial charge on any atom is -0.374 e. The van der Waals surface area contributed by atoms with E-state index in [1.807, 2.05) is 0 Å². The van der Waals surface area contributed by atoms with Crippen LogP contribution in [0.4, 0.5) is 26.3 Å². The molecule has 4 aromatic rings. The standard InChI is InChI=1S/C29H19Cl2F6N3O3/c30-16-9-15(10-17(31)11-16)27(29(35,36)37)12-22(40-43-27)24-18-5-1-3-7-20(18)25(21-8-4-2-6-19(21)24)26(42)38-13-23(41)39-14-28(32,33)34/h1-11H,12-14H2,(H,38,42)(H,39,41). The molecule has 6 nitrogen and oxygen atoms in total. The first-order valence-corrected chi connectivity index (χ1v) is 13.3. The van der Waals surface area contributed by atoms with Crippen molar-refractivity contribution in [3.8, 4) is 0 Å². The molecule has 0 aliphatic carbocycles. The summed E-state index contributed by atoms with van der Waals surface area (Å²) in [4.78, 5) is 30.5. The number of nitrogens with zero attached hydrogens (tertiary/aromatic N) is 1. The monoisotopic (exact) mass is 641 g/mol. The number of hydrogen-bond donors (Lipinski definition) is 2. The highest BCUT2D eigenvalue weighted by molar-refractivity contribution is 6.34. The molecule has 0 bridgehead atoms. The second-order valence-corrected chi connectivity index (χ2v) is 10.6. The molecule has 5 rings (SSSR count). The van der Waals surface area contributed by atoms with E-state index in [9.17, 15) is 35.9 Å². The summed E-state index contributed by atoms with van der Waals surface area (Å²) in [6.07, 6.45) is -10.3. The maximum absolute atomic E-state index is 14.7. The molecule has 0 aromatic heterocycles. The summed E-state index contributed by atoms with van der Waals surface area (Å²) in [6, 6.07) is 16.3. The second-order valence-electron chi connectivity index (χ2n) is 9.70. The van der Waals surface area contributed by atoms with Crippen LogP contribution in [0.2, 0.25) is 10.0 Å². The van der Waals surface area contributed by atoms with Gasteiger partial charge in [-0.3, -0.25) is 9.59 Å². The number of alkyl halides is 6. The van der Waals surface area contributed by atoms with E-state index in [0.29, 0.717) is 21.5 Å². The van der Waals surface area contributed by atoms with E-state index in [4.69, 9.17) is 28.0 Å². The molecule has 4 aromatic carbocycles. The van der Waals surface area contributed by atoms with Crippen molar-refractivity contribution in [1.29, 1.82) is 0 Å². The first-order valence-electron chi connectivity index (χ1n) is 12.5. The average Bonchev–Trinajstić information content (AvgIpc) is 3.39. The van der Waals surface area contributed by atoms with Gasteiger partial charge in [0.05, 0.1) is 24.2 Å². The number of carbonyl (C=O) groups is 2. The van der Waals surface area contributed by atoms with Crippen LogP contribution in [0.1, 0.15) is 27.9 Å². The normalized spacial score (nSPS) is 17.1. The Hall–Kier alpha value is -4.03. The van der Waals surface area contributed by atoms with Crippen molar-refractivity contribution >= 4 is 62.3 Å². The minimum absolute atomic E-state index is 0.0264. The number of amides is 2. The van der Waals surface area contributed by atoms with Gasteiger partial charge in [0.25, 0.3) is 11.5 Å². The molecule has 0 saturated carbocycles. The van der Waals surface area contributed by atoms with Gasteiger partial charge in [-0.15, -0.1) is 0 Å². The van der Waals surface area contributed by atoms with Gasteiger partial charge in [0, 0.05) is 21.2 Å². The third kappa shape index (κ3) is 5.94. The fourth-order valence-electron chi connectivity index (χ4n) is 5.02. The molecule has 1 aliphatic heterocycles. The predicted molar refractivity (Wildman–Crippen MR) is 149 cm³/mol. The highest BCUT2D eigenvalue weighted by atomic mass is 35.5. The van der Waals surface area contributed by atoms with Crippen molar-refractivity contribution in [3.63, 3.8) is 0 Å². The number of halogens is 8. The maximum atomic E-state index is 14.7. The Balaban J connectivity index is 1.59. The summed E-state index contributed by atoms with van der Waals surface area (Å²) in [6.45, 7) is -2.30.